The largest absolute Gasteiger partial charge is 0.507 e. The van der Waals surface area contributed by atoms with Gasteiger partial charge in [0, 0.05) is 5.56 Å². The molecule has 1 fully saturated rings. The van der Waals surface area contributed by atoms with Gasteiger partial charge in [0.05, 0.1) is 30.0 Å². The Bertz CT molecular complexity index is 1440. The van der Waals surface area contributed by atoms with Crippen LogP contribution in [-0.4, -0.2) is 33.9 Å². The minimum atomic E-state index is -0.986. The van der Waals surface area contributed by atoms with Gasteiger partial charge in [-0.1, -0.05) is 0 Å². The van der Waals surface area contributed by atoms with E-state index in [4.69, 9.17) is 9.15 Å². The Morgan fingerprint density at radius 1 is 1.09 bits per heavy atom. The summed E-state index contributed by atoms with van der Waals surface area (Å²) in [4.78, 5) is 35.4. The fraction of sp³-hybridized carbons (Fsp3) is 0.192. The van der Waals surface area contributed by atoms with Gasteiger partial charge in [0.1, 0.15) is 23.3 Å². The molecular weight excluding hydrogens is 434 g/mol. The maximum atomic E-state index is 13.2. The van der Waals surface area contributed by atoms with Crippen LogP contribution in [0.5, 0.6) is 5.75 Å². The number of nitrogens with zero attached hydrogens (tertiary/aromatic N) is 2. The van der Waals surface area contributed by atoms with Crippen LogP contribution in [-0.2, 0) is 9.59 Å². The van der Waals surface area contributed by atoms with Gasteiger partial charge >= 0.3 is 5.91 Å². The number of aliphatic hydroxyl groups is 1. The number of ketones is 1. The SMILES string of the molecule is COc1ccc(/C(O)=C2\C(=O)C(=O)N(c3nc4cc(C)c(C)cc4[nH]3)C2c2ccco2)cc1C. The van der Waals surface area contributed by atoms with Crippen molar-refractivity contribution in [3.05, 3.63) is 82.3 Å². The van der Waals surface area contributed by atoms with Crippen molar-refractivity contribution in [1.82, 2.24) is 9.97 Å². The Balaban J connectivity index is 1.70. The number of carbonyl (C=O) groups excluding carboxylic acids is 2. The molecule has 0 spiro atoms. The van der Waals surface area contributed by atoms with E-state index >= 15 is 0 Å². The first-order valence-corrected chi connectivity index (χ1v) is 10.8. The van der Waals surface area contributed by atoms with Crippen molar-refractivity contribution in [3.8, 4) is 5.75 Å². The fourth-order valence-corrected chi connectivity index (χ4v) is 4.32. The third-order valence-electron chi connectivity index (χ3n) is 6.24. The van der Waals surface area contributed by atoms with Crippen molar-refractivity contribution in [1.29, 1.82) is 0 Å². The van der Waals surface area contributed by atoms with Crippen molar-refractivity contribution in [2.45, 2.75) is 26.8 Å². The lowest BCUT2D eigenvalue weighted by molar-refractivity contribution is -0.132. The molecule has 0 saturated carbocycles. The number of H-pyrrole nitrogens is 1. The lowest BCUT2D eigenvalue weighted by atomic mass is 9.98. The average molecular weight is 457 g/mol. The molecule has 1 unspecified atom stereocenters. The molecule has 1 aliphatic heterocycles. The molecular formula is C26H23N3O5. The lowest BCUT2D eigenvalue weighted by Crippen LogP contribution is -2.30. The molecule has 8 nitrogen and oxygen atoms in total. The average Bonchev–Trinajstić information content (AvgIpc) is 3.53. The van der Waals surface area contributed by atoms with Crippen LogP contribution in [0.3, 0.4) is 0 Å². The molecule has 4 aromatic rings. The highest BCUT2D eigenvalue weighted by Crippen LogP contribution is 2.42. The quantitative estimate of drug-likeness (QED) is 0.261. The molecule has 2 aromatic heterocycles. The number of aromatic nitrogens is 2. The molecule has 34 heavy (non-hydrogen) atoms. The number of carbonyl (C=O) groups is 2. The Morgan fingerprint density at radius 3 is 2.53 bits per heavy atom. The van der Waals surface area contributed by atoms with Gasteiger partial charge in [-0.25, -0.2) is 4.98 Å². The second-order valence-electron chi connectivity index (χ2n) is 8.38. The molecule has 5 rings (SSSR count). The van der Waals surface area contributed by atoms with Crippen LogP contribution in [0.1, 0.15) is 34.1 Å². The van der Waals surface area contributed by atoms with Crippen LogP contribution in [0.25, 0.3) is 16.8 Å². The van der Waals surface area contributed by atoms with Crippen LogP contribution >= 0.6 is 0 Å². The number of fused-ring (bicyclic) bond motifs is 1. The van der Waals surface area contributed by atoms with E-state index in [0.29, 0.717) is 22.6 Å². The first-order valence-electron chi connectivity index (χ1n) is 10.8. The van der Waals surface area contributed by atoms with Gasteiger partial charge in [-0.05, 0) is 79.9 Å². The molecule has 1 saturated heterocycles. The van der Waals surface area contributed by atoms with Gasteiger partial charge in [0.15, 0.2) is 0 Å². The van der Waals surface area contributed by atoms with E-state index in [2.05, 4.69) is 9.97 Å². The Kier molecular flexibility index (Phi) is 5.01. The number of rotatable bonds is 4. The van der Waals surface area contributed by atoms with E-state index in [1.54, 1.807) is 37.4 Å². The number of anilines is 1. The predicted molar refractivity (Wildman–Crippen MR) is 127 cm³/mol. The van der Waals surface area contributed by atoms with Crippen LogP contribution in [0, 0.1) is 20.8 Å². The number of ether oxygens (including phenoxy) is 1. The second-order valence-corrected chi connectivity index (χ2v) is 8.38. The van der Waals surface area contributed by atoms with E-state index in [0.717, 1.165) is 22.2 Å². The normalized spacial score (nSPS) is 17.6. The molecule has 0 aliphatic carbocycles. The number of aryl methyl sites for hydroxylation is 3. The fourth-order valence-electron chi connectivity index (χ4n) is 4.32. The number of furan rings is 1. The summed E-state index contributed by atoms with van der Waals surface area (Å²) in [5, 5.41) is 11.2. The van der Waals surface area contributed by atoms with Gasteiger partial charge in [-0.3, -0.25) is 14.5 Å². The lowest BCUT2D eigenvalue weighted by Gasteiger charge is -2.20. The highest BCUT2D eigenvalue weighted by molar-refractivity contribution is 6.51. The monoisotopic (exact) mass is 457 g/mol. The second kappa shape index (κ2) is 7.91. The summed E-state index contributed by atoms with van der Waals surface area (Å²) in [5.74, 6) is -0.739. The van der Waals surface area contributed by atoms with Gasteiger partial charge in [-0.2, -0.15) is 0 Å². The van der Waals surface area contributed by atoms with E-state index in [1.807, 2.05) is 32.9 Å². The van der Waals surface area contributed by atoms with Crippen LogP contribution < -0.4 is 9.64 Å². The minimum absolute atomic E-state index is 0.0719. The van der Waals surface area contributed by atoms with E-state index < -0.39 is 17.7 Å². The molecule has 0 bridgehead atoms. The van der Waals surface area contributed by atoms with Crippen molar-refractivity contribution in [3.63, 3.8) is 0 Å². The Labute approximate surface area is 195 Å². The molecule has 1 aliphatic rings. The summed E-state index contributed by atoms with van der Waals surface area (Å²) in [7, 11) is 1.56. The number of methoxy groups -OCH3 is 1. The number of hydrogen-bond acceptors (Lipinski definition) is 6. The zero-order valence-electron chi connectivity index (χ0n) is 19.2. The number of aliphatic hydroxyl groups excluding tert-OH is 1. The van der Waals surface area contributed by atoms with Crippen molar-refractivity contribution in [2.24, 2.45) is 0 Å². The molecule has 172 valence electrons. The molecule has 2 N–H and O–H groups in total. The summed E-state index contributed by atoms with van der Waals surface area (Å²) in [6.45, 7) is 5.80. The summed E-state index contributed by atoms with van der Waals surface area (Å²) in [6, 6.07) is 11.2. The van der Waals surface area contributed by atoms with Gasteiger partial charge < -0.3 is 19.2 Å². The van der Waals surface area contributed by atoms with Crippen LogP contribution in [0.15, 0.2) is 58.7 Å². The highest BCUT2D eigenvalue weighted by atomic mass is 16.5. The summed E-state index contributed by atoms with van der Waals surface area (Å²) in [6.07, 6.45) is 1.46. The molecule has 1 atom stereocenters. The number of nitrogens with one attached hydrogen (secondary N) is 1. The first kappa shape index (κ1) is 21.5. The summed E-state index contributed by atoms with van der Waals surface area (Å²) < 4.78 is 10.9. The number of amides is 1. The maximum Gasteiger partial charge on any atom is 0.302 e. The van der Waals surface area contributed by atoms with E-state index in [1.165, 1.54) is 11.2 Å². The molecule has 0 radical (unpaired) electrons. The summed E-state index contributed by atoms with van der Waals surface area (Å²) >= 11 is 0. The molecule has 3 heterocycles. The molecule has 1 amide bonds. The number of hydrogen-bond donors (Lipinski definition) is 2. The van der Waals surface area contributed by atoms with E-state index in [9.17, 15) is 14.7 Å². The number of Topliss-reactive ketones (excluding diaryl/α,β-unsaturated/α-hetero) is 1. The number of imidazole rings is 1. The number of benzene rings is 2. The van der Waals surface area contributed by atoms with Gasteiger partial charge in [0.2, 0.25) is 5.95 Å². The highest BCUT2D eigenvalue weighted by Gasteiger charge is 2.49. The summed E-state index contributed by atoms with van der Waals surface area (Å²) in [5.41, 5.74) is 4.64. The van der Waals surface area contributed by atoms with Gasteiger partial charge in [0.25, 0.3) is 5.78 Å². The van der Waals surface area contributed by atoms with E-state index in [-0.39, 0.29) is 17.3 Å². The Hall–Kier alpha value is -4.33. The maximum absolute atomic E-state index is 13.2. The van der Waals surface area contributed by atoms with Crippen LogP contribution in [0.4, 0.5) is 5.95 Å². The third-order valence-corrected chi connectivity index (χ3v) is 6.24. The number of aromatic amines is 1. The van der Waals surface area contributed by atoms with Gasteiger partial charge in [-0.15, -0.1) is 0 Å². The minimum Gasteiger partial charge on any atom is -0.507 e. The Morgan fingerprint density at radius 2 is 1.85 bits per heavy atom. The van der Waals surface area contributed by atoms with Crippen molar-refractivity contribution in [2.75, 3.05) is 12.0 Å². The molecule has 2 aromatic carbocycles. The zero-order chi connectivity index (χ0) is 24.1. The smallest absolute Gasteiger partial charge is 0.302 e. The predicted octanol–water partition coefficient (Wildman–Crippen LogP) is 4.72. The van der Waals surface area contributed by atoms with Crippen molar-refractivity contribution < 1.29 is 23.8 Å². The molecule has 8 heteroatoms. The standard InChI is InChI=1S/C26H23N3O5/c1-13-11-17-18(12-14(13)2)28-26(27-17)29-22(20-6-5-9-34-20)21(24(31)25(29)32)23(30)16-7-8-19(33-4)15(3)10-16/h5-12,22,30H,1-4H3,(H,27,28)/b23-21+. The zero-order valence-corrected chi connectivity index (χ0v) is 19.2. The topological polar surface area (TPSA) is 109 Å². The van der Waals surface area contributed by atoms with Crippen LogP contribution in [0.2, 0.25) is 0 Å². The van der Waals surface area contributed by atoms with Crippen molar-refractivity contribution >= 4 is 34.4 Å². The third kappa shape index (κ3) is 3.26. The first-order chi connectivity index (χ1) is 16.3.